The van der Waals surface area contributed by atoms with Gasteiger partial charge in [-0.15, -0.1) is 0 Å². The molecule has 2 rings (SSSR count). The van der Waals surface area contributed by atoms with Crippen LogP contribution in [0.5, 0.6) is 23.0 Å². The van der Waals surface area contributed by atoms with Crippen molar-refractivity contribution in [3.63, 3.8) is 0 Å². The Morgan fingerprint density at radius 3 is 2.00 bits per heavy atom. The van der Waals surface area contributed by atoms with E-state index in [-0.39, 0.29) is 35.0 Å². The summed E-state index contributed by atoms with van der Waals surface area (Å²) in [6.07, 6.45) is -0.121. The number of phenolic OH excluding ortho intramolecular Hbond substituents is 4. The van der Waals surface area contributed by atoms with Gasteiger partial charge in [0.25, 0.3) is 0 Å². The normalized spacial score (nSPS) is 10.3. The Hall–Kier alpha value is -2.69. The molecule has 0 aliphatic rings. The van der Waals surface area contributed by atoms with Crippen LogP contribution >= 0.6 is 0 Å². The molecule has 0 heterocycles. The Balaban J connectivity index is 2.25. The Morgan fingerprint density at radius 2 is 1.42 bits per heavy atom. The van der Waals surface area contributed by atoms with Crippen LogP contribution in [0.1, 0.15) is 15.9 Å². The second kappa shape index (κ2) is 4.89. The smallest absolute Gasteiger partial charge is 0.171 e. The van der Waals surface area contributed by atoms with E-state index in [0.29, 0.717) is 5.56 Å². The number of hydrogen-bond acceptors (Lipinski definition) is 5. The lowest BCUT2D eigenvalue weighted by atomic mass is 10.0. The van der Waals surface area contributed by atoms with Gasteiger partial charge >= 0.3 is 0 Å². The third-order valence-electron chi connectivity index (χ3n) is 2.70. The molecule has 0 amide bonds. The van der Waals surface area contributed by atoms with Gasteiger partial charge in [-0.1, -0.05) is 6.07 Å². The lowest BCUT2D eigenvalue weighted by Crippen LogP contribution is -2.04. The molecular formula is C14H12O5. The van der Waals surface area contributed by atoms with Gasteiger partial charge in [-0.05, 0) is 18.2 Å². The standard InChI is InChI=1S/C14H12O5/c15-9-2-1-8(12(17)6-9)5-13(18)11-4-3-10(16)7-14(11)19/h1-4,6-7,15-17,19H,5H2. The van der Waals surface area contributed by atoms with Gasteiger partial charge in [-0.3, -0.25) is 4.79 Å². The molecule has 0 unspecified atom stereocenters. The molecule has 98 valence electrons. The van der Waals surface area contributed by atoms with Crippen molar-refractivity contribution >= 4 is 5.78 Å². The molecule has 2 aromatic carbocycles. The van der Waals surface area contributed by atoms with Crippen molar-refractivity contribution in [2.75, 3.05) is 0 Å². The van der Waals surface area contributed by atoms with Gasteiger partial charge in [-0.25, -0.2) is 0 Å². The van der Waals surface area contributed by atoms with Gasteiger partial charge in [0.2, 0.25) is 0 Å². The molecule has 0 fully saturated rings. The highest BCUT2D eigenvalue weighted by Crippen LogP contribution is 2.27. The van der Waals surface area contributed by atoms with E-state index in [1.165, 1.54) is 24.3 Å². The van der Waals surface area contributed by atoms with E-state index in [4.69, 9.17) is 10.2 Å². The van der Waals surface area contributed by atoms with Gasteiger partial charge in [-0.2, -0.15) is 0 Å². The third kappa shape index (κ3) is 2.77. The number of benzene rings is 2. The number of aromatic hydroxyl groups is 4. The van der Waals surface area contributed by atoms with Crippen molar-refractivity contribution in [1.29, 1.82) is 0 Å². The molecule has 0 aromatic heterocycles. The van der Waals surface area contributed by atoms with E-state index in [9.17, 15) is 15.0 Å². The summed E-state index contributed by atoms with van der Waals surface area (Å²) in [5.74, 6) is -1.14. The maximum absolute atomic E-state index is 12.0. The van der Waals surface area contributed by atoms with Crippen LogP contribution in [0.3, 0.4) is 0 Å². The van der Waals surface area contributed by atoms with Crippen molar-refractivity contribution in [3.05, 3.63) is 47.5 Å². The third-order valence-corrected chi connectivity index (χ3v) is 2.70. The Kier molecular flexibility index (Phi) is 3.29. The molecule has 0 aliphatic heterocycles. The molecule has 0 saturated carbocycles. The summed E-state index contributed by atoms with van der Waals surface area (Å²) in [5.41, 5.74) is 0.403. The number of rotatable bonds is 3. The summed E-state index contributed by atoms with van der Waals surface area (Å²) < 4.78 is 0. The summed E-state index contributed by atoms with van der Waals surface area (Å²) in [4.78, 5) is 12.0. The summed E-state index contributed by atoms with van der Waals surface area (Å²) in [6, 6.07) is 7.61. The second-order valence-electron chi connectivity index (χ2n) is 4.11. The lowest BCUT2D eigenvalue weighted by Gasteiger charge is -2.06. The fourth-order valence-corrected chi connectivity index (χ4v) is 1.73. The Bertz CT molecular complexity index is 634. The van der Waals surface area contributed by atoms with E-state index in [0.717, 1.165) is 12.1 Å². The van der Waals surface area contributed by atoms with Crippen LogP contribution in [-0.2, 0) is 6.42 Å². The number of ketones is 1. The highest BCUT2D eigenvalue weighted by molar-refractivity contribution is 6.00. The molecule has 0 radical (unpaired) electrons. The Morgan fingerprint density at radius 1 is 0.842 bits per heavy atom. The van der Waals surface area contributed by atoms with Crippen molar-refractivity contribution in [3.8, 4) is 23.0 Å². The molecule has 2 aromatic rings. The maximum Gasteiger partial charge on any atom is 0.171 e. The molecule has 19 heavy (non-hydrogen) atoms. The number of Topliss-reactive ketones (excluding diaryl/α,β-unsaturated/α-hetero) is 1. The van der Waals surface area contributed by atoms with Crippen molar-refractivity contribution in [1.82, 2.24) is 0 Å². The Labute approximate surface area is 109 Å². The van der Waals surface area contributed by atoms with Gasteiger partial charge in [0.15, 0.2) is 5.78 Å². The molecule has 0 spiro atoms. The topological polar surface area (TPSA) is 98.0 Å². The minimum absolute atomic E-state index is 0.0604. The summed E-state index contributed by atoms with van der Waals surface area (Å²) >= 11 is 0. The van der Waals surface area contributed by atoms with E-state index in [1.54, 1.807) is 0 Å². The van der Waals surface area contributed by atoms with Crippen LogP contribution in [0.25, 0.3) is 0 Å². The van der Waals surface area contributed by atoms with E-state index in [1.807, 2.05) is 0 Å². The van der Waals surface area contributed by atoms with Crippen LogP contribution in [0, 0.1) is 0 Å². The summed E-state index contributed by atoms with van der Waals surface area (Å²) in [5, 5.41) is 37.5. The zero-order chi connectivity index (χ0) is 14.0. The first-order valence-corrected chi connectivity index (χ1v) is 5.53. The first kappa shape index (κ1) is 12.8. The second-order valence-corrected chi connectivity index (χ2v) is 4.11. The van der Waals surface area contributed by atoms with Gasteiger partial charge in [0, 0.05) is 24.1 Å². The van der Waals surface area contributed by atoms with Crippen LogP contribution in [0.4, 0.5) is 0 Å². The van der Waals surface area contributed by atoms with E-state index < -0.39 is 5.78 Å². The number of carbonyl (C=O) groups excluding carboxylic acids is 1. The molecule has 4 N–H and O–H groups in total. The first-order chi connectivity index (χ1) is 8.97. The molecular weight excluding hydrogens is 248 g/mol. The van der Waals surface area contributed by atoms with E-state index >= 15 is 0 Å². The van der Waals surface area contributed by atoms with Crippen LogP contribution in [0.2, 0.25) is 0 Å². The lowest BCUT2D eigenvalue weighted by molar-refractivity contribution is 0.0989. The van der Waals surface area contributed by atoms with Crippen molar-refractivity contribution < 1.29 is 25.2 Å². The quantitative estimate of drug-likeness (QED) is 0.632. The molecule has 0 bridgehead atoms. The monoisotopic (exact) mass is 260 g/mol. The molecule has 0 saturated heterocycles. The van der Waals surface area contributed by atoms with Gasteiger partial charge < -0.3 is 20.4 Å². The fraction of sp³-hybridized carbons (Fsp3) is 0.0714. The number of carbonyl (C=O) groups is 1. The maximum atomic E-state index is 12.0. The zero-order valence-corrected chi connectivity index (χ0v) is 9.87. The highest BCUT2D eigenvalue weighted by Gasteiger charge is 2.14. The van der Waals surface area contributed by atoms with Crippen LogP contribution in [0.15, 0.2) is 36.4 Å². The summed E-state index contributed by atoms with van der Waals surface area (Å²) in [6.45, 7) is 0. The molecule has 0 aliphatic carbocycles. The first-order valence-electron chi connectivity index (χ1n) is 5.53. The molecule has 0 atom stereocenters. The van der Waals surface area contributed by atoms with Crippen LogP contribution < -0.4 is 0 Å². The minimum Gasteiger partial charge on any atom is -0.508 e. The van der Waals surface area contributed by atoms with Crippen LogP contribution in [-0.4, -0.2) is 26.2 Å². The van der Waals surface area contributed by atoms with Gasteiger partial charge in [0.1, 0.15) is 23.0 Å². The summed E-state index contributed by atoms with van der Waals surface area (Å²) in [7, 11) is 0. The predicted octanol–water partition coefficient (Wildman–Crippen LogP) is 1.93. The van der Waals surface area contributed by atoms with Crippen molar-refractivity contribution in [2.24, 2.45) is 0 Å². The molecule has 5 nitrogen and oxygen atoms in total. The fourth-order valence-electron chi connectivity index (χ4n) is 1.73. The molecule has 5 heteroatoms. The van der Waals surface area contributed by atoms with Gasteiger partial charge in [0.05, 0.1) is 5.56 Å². The number of hydrogen-bond donors (Lipinski definition) is 4. The largest absolute Gasteiger partial charge is 0.508 e. The zero-order valence-electron chi connectivity index (χ0n) is 9.87. The average molecular weight is 260 g/mol. The van der Waals surface area contributed by atoms with Crippen molar-refractivity contribution in [2.45, 2.75) is 6.42 Å². The minimum atomic E-state index is -0.404. The number of phenols is 4. The highest BCUT2D eigenvalue weighted by atomic mass is 16.3. The SMILES string of the molecule is O=C(Cc1ccc(O)cc1O)c1ccc(O)cc1O. The van der Waals surface area contributed by atoms with E-state index in [2.05, 4.69) is 0 Å². The average Bonchev–Trinajstić information content (AvgIpc) is 2.32. The predicted molar refractivity (Wildman–Crippen MR) is 67.6 cm³/mol.